The molecule has 0 fully saturated rings. The summed E-state index contributed by atoms with van der Waals surface area (Å²) in [6, 6.07) is 4.12. The number of hydrogen-bond acceptors (Lipinski definition) is 2. The molecule has 1 N–H and O–H groups in total. The standard InChI is InChI=1S/C18H30ClNO/c1-7-9-20-12-18(6,8-2)21-17-11-15(13(3)4)16(19)10-14(17)5/h10-11,13,20H,7-9,12H2,1-6H3. The van der Waals surface area contributed by atoms with Crippen molar-refractivity contribution in [2.24, 2.45) is 0 Å². The van der Waals surface area contributed by atoms with Crippen molar-refractivity contribution in [1.82, 2.24) is 5.32 Å². The highest BCUT2D eigenvalue weighted by atomic mass is 35.5. The van der Waals surface area contributed by atoms with Crippen molar-refractivity contribution in [3.05, 3.63) is 28.3 Å². The van der Waals surface area contributed by atoms with Crippen molar-refractivity contribution in [1.29, 1.82) is 0 Å². The normalized spacial score (nSPS) is 14.3. The van der Waals surface area contributed by atoms with Gasteiger partial charge in [0.25, 0.3) is 0 Å². The van der Waals surface area contributed by atoms with Gasteiger partial charge in [0.1, 0.15) is 11.4 Å². The van der Waals surface area contributed by atoms with Crippen LogP contribution in [-0.4, -0.2) is 18.7 Å². The van der Waals surface area contributed by atoms with Gasteiger partial charge in [0.05, 0.1) is 0 Å². The molecule has 0 bridgehead atoms. The number of ether oxygens (including phenoxy) is 1. The van der Waals surface area contributed by atoms with E-state index in [1.54, 1.807) is 0 Å². The second-order valence-electron chi connectivity index (χ2n) is 6.38. The molecule has 0 aliphatic heterocycles. The van der Waals surface area contributed by atoms with Crippen LogP contribution in [0.25, 0.3) is 0 Å². The molecule has 1 unspecified atom stereocenters. The molecule has 0 heterocycles. The molecule has 120 valence electrons. The highest BCUT2D eigenvalue weighted by Crippen LogP contribution is 2.33. The molecular formula is C18H30ClNO. The van der Waals surface area contributed by atoms with E-state index in [-0.39, 0.29) is 5.60 Å². The van der Waals surface area contributed by atoms with Gasteiger partial charge in [0.2, 0.25) is 0 Å². The van der Waals surface area contributed by atoms with Crippen LogP contribution in [0.2, 0.25) is 5.02 Å². The van der Waals surface area contributed by atoms with Gasteiger partial charge in [-0.1, -0.05) is 39.3 Å². The molecule has 0 saturated heterocycles. The van der Waals surface area contributed by atoms with Gasteiger partial charge >= 0.3 is 0 Å². The van der Waals surface area contributed by atoms with Crippen molar-refractivity contribution in [3.63, 3.8) is 0 Å². The molecule has 1 aromatic rings. The summed E-state index contributed by atoms with van der Waals surface area (Å²) in [7, 11) is 0. The van der Waals surface area contributed by atoms with Crippen LogP contribution in [0.4, 0.5) is 0 Å². The molecule has 0 saturated carbocycles. The van der Waals surface area contributed by atoms with Gasteiger partial charge in [-0.25, -0.2) is 0 Å². The molecule has 0 aromatic heterocycles. The minimum atomic E-state index is -0.192. The highest BCUT2D eigenvalue weighted by molar-refractivity contribution is 6.31. The number of rotatable bonds is 8. The Balaban J connectivity index is 2.96. The lowest BCUT2D eigenvalue weighted by molar-refractivity contribution is 0.0828. The van der Waals surface area contributed by atoms with E-state index in [0.717, 1.165) is 47.8 Å². The smallest absolute Gasteiger partial charge is 0.123 e. The molecule has 21 heavy (non-hydrogen) atoms. The van der Waals surface area contributed by atoms with E-state index in [0.29, 0.717) is 5.92 Å². The summed E-state index contributed by atoms with van der Waals surface area (Å²) in [5, 5.41) is 4.29. The Kier molecular flexibility index (Phi) is 7.02. The summed E-state index contributed by atoms with van der Waals surface area (Å²) in [5.41, 5.74) is 2.05. The van der Waals surface area contributed by atoms with Crippen LogP contribution in [0, 0.1) is 6.92 Å². The minimum Gasteiger partial charge on any atom is -0.486 e. The lowest BCUT2D eigenvalue weighted by Crippen LogP contribution is -2.43. The van der Waals surface area contributed by atoms with Crippen molar-refractivity contribution < 1.29 is 4.74 Å². The van der Waals surface area contributed by atoms with Crippen LogP contribution in [0.5, 0.6) is 5.75 Å². The van der Waals surface area contributed by atoms with Crippen molar-refractivity contribution in [2.45, 2.75) is 65.9 Å². The van der Waals surface area contributed by atoms with Crippen LogP contribution >= 0.6 is 11.6 Å². The molecule has 0 spiro atoms. The van der Waals surface area contributed by atoms with Gasteiger partial charge in [-0.2, -0.15) is 0 Å². The Morgan fingerprint density at radius 3 is 2.48 bits per heavy atom. The first kappa shape index (κ1) is 18.3. The van der Waals surface area contributed by atoms with Gasteiger partial charge in [-0.15, -0.1) is 0 Å². The van der Waals surface area contributed by atoms with Crippen LogP contribution in [0.15, 0.2) is 12.1 Å². The average Bonchev–Trinajstić information content (AvgIpc) is 2.42. The number of hydrogen-bond donors (Lipinski definition) is 1. The van der Waals surface area contributed by atoms with E-state index in [2.05, 4.69) is 52.9 Å². The van der Waals surface area contributed by atoms with E-state index < -0.39 is 0 Å². The second kappa shape index (κ2) is 8.05. The molecule has 3 heteroatoms. The highest BCUT2D eigenvalue weighted by Gasteiger charge is 2.25. The van der Waals surface area contributed by atoms with E-state index in [1.165, 1.54) is 0 Å². The quantitative estimate of drug-likeness (QED) is 0.656. The molecule has 0 amide bonds. The molecule has 0 aliphatic carbocycles. The van der Waals surface area contributed by atoms with Gasteiger partial charge in [0.15, 0.2) is 0 Å². The van der Waals surface area contributed by atoms with Crippen molar-refractivity contribution >= 4 is 11.6 Å². The number of halogens is 1. The second-order valence-corrected chi connectivity index (χ2v) is 6.78. The monoisotopic (exact) mass is 311 g/mol. The first-order valence-corrected chi connectivity index (χ1v) is 8.40. The van der Waals surface area contributed by atoms with Crippen LogP contribution in [0.1, 0.15) is 64.5 Å². The van der Waals surface area contributed by atoms with Crippen LogP contribution < -0.4 is 10.1 Å². The van der Waals surface area contributed by atoms with Gasteiger partial charge in [0, 0.05) is 11.6 Å². The number of aryl methyl sites for hydroxylation is 1. The van der Waals surface area contributed by atoms with E-state index >= 15 is 0 Å². The molecular weight excluding hydrogens is 282 g/mol. The Morgan fingerprint density at radius 1 is 1.29 bits per heavy atom. The Morgan fingerprint density at radius 2 is 1.95 bits per heavy atom. The molecule has 1 rings (SSSR count). The maximum atomic E-state index is 6.35. The van der Waals surface area contributed by atoms with E-state index in [4.69, 9.17) is 16.3 Å². The zero-order chi connectivity index (χ0) is 16.0. The first-order valence-electron chi connectivity index (χ1n) is 8.02. The maximum Gasteiger partial charge on any atom is 0.123 e. The zero-order valence-corrected chi connectivity index (χ0v) is 15.1. The first-order chi connectivity index (χ1) is 9.83. The van der Waals surface area contributed by atoms with E-state index in [1.807, 2.05) is 6.07 Å². The fourth-order valence-electron chi connectivity index (χ4n) is 2.25. The lowest BCUT2D eigenvalue weighted by Gasteiger charge is -2.31. The molecule has 1 atom stereocenters. The largest absolute Gasteiger partial charge is 0.486 e. The number of benzene rings is 1. The predicted octanol–water partition coefficient (Wildman–Crippen LogP) is 5.32. The Hall–Kier alpha value is -0.730. The topological polar surface area (TPSA) is 21.3 Å². The SMILES string of the molecule is CCCNCC(C)(CC)Oc1cc(C(C)C)c(Cl)cc1C. The molecule has 2 nitrogen and oxygen atoms in total. The summed E-state index contributed by atoms with van der Waals surface area (Å²) in [5.74, 6) is 1.34. The average molecular weight is 312 g/mol. The fourth-order valence-corrected chi connectivity index (χ4v) is 2.69. The van der Waals surface area contributed by atoms with Crippen LogP contribution in [0.3, 0.4) is 0 Å². The lowest BCUT2D eigenvalue weighted by atomic mass is 9.99. The predicted molar refractivity (Wildman–Crippen MR) is 92.8 cm³/mol. The third kappa shape index (κ3) is 5.19. The van der Waals surface area contributed by atoms with Crippen molar-refractivity contribution in [2.75, 3.05) is 13.1 Å². The molecule has 1 aromatic carbocycles. The van der Waals surface area contributed by atoms with Gasteiger partial charge in [-0.05, 0) is 62.4 Å². The maximum absolute atomic E-state index is 6.35. The molecule has 0 aliphatic rings. The summed E-state index contributed by atoms with van der Waals surface area (Å²) in [6.07, 6.45) is 2.10. The Labute approximate surface area is 135 Å². The summed E-state index contributed by atoms with van der Waals surface area (Å²) in [6.45, 7) is 14.8. The summed E-state index contributed by atoms with van der Waals surface area (Å²) < 4.78 is 6.35. The van der Waals surface area contributed by atoms with Gasteiger partial charge in [-0.3, -0.25) is 0 Å². The third-order valence-corrected chi connectivity index (χ3v) is 4.27. The minimum absolute atomic E-state index is 0.192. The third-order valence-electron chi connectivity index (χ3n) is 3.95. The number of nitrogens with one attached hydrogen (secondary N) is 1. The fraction of sp³-hybridized carbons (Fsp3) is 0.667. The summed E-state index contributed by atoms with van der Waals surface area (Å²) in [4.78, 5) is 0. The van der Waals surface area contributed by atoms with E-state index in [9.17, 15) is 0 Å². The summed E-state index contributed by atoms with van der Waals surface area (Å²) >= 11 is 6.34. The van der Waals surface area contributed by atoms with Crippen LogP contribution in [-0.2, 0) is 0 Å². The van der Waals surface area contributed by atoms with Gasteiger partial charge < -0.3 is 10.1 Å². The van der Waals surface area contributed by atoms with Crippen molar-refractivity contribution in [3.8, 4) is 5.75 Å². The molecule has 0 radical (unpaired) electrons. The zero-order valence-electron chi connectivity index (χ0n) is 14.3. The Bertz CT molecular complexity index is 459.